The van der Waals surface area contributed by atoms with E-state index in [9.17, 15) is 9.59 Å². The zero-order chi connectivity index (χ0) is 14.6. The second-order valence-electron chi connectivity index (χ2n) is 5.75. The van der Waals surface area contributed by atoms with Crippen LogP contribution in [0.2, 0.25) is 0 Å². The minimum Gasteiger partial charge on any atom is -0.444 e. The maximum atomic E-state index is 11.9. The van der Waals surface area contributed by atoms with E-state index in [0.29, 0.717) is 19.6 Å². The number of ether oxygens (including phenoxy) is 1. The van der Waals surface area contributed by atoms with Gasteiger partial charge in [-0.2, -0.15) is 0 Å². The second-order valence-corrected chi connectivity index (χ2v) is 5.75. The summed E-state index contributed by atoms with van der Waals surface area (Å²) in [6.45, 7) is 9.21. The summed E-state index contributed by atoms with van der Waals surface area (Å²) in [5, 5.41) is 0. The van der Waals surface area contributed by atoms with Crippen LogP contribution in [0.15, 0.2) is 0 Å². The highest BCUT2D eigenvalue weighted by Gasteiger charge is 2.33. The van der Waals surface area contributed by atoms with Crippen LogP contribution in [-0.2, 0) is 9.53 Å². The zero-order valence-corrected chi connectivity index (χ0v) is 12.3. The van der Waals surface area contributed by atoms with Crippen molar-refractivity contribution < 1.29 is 14.3 Å². The Kier molecular flexibility index (Phi) is 5.17. The first-order valence-corrected chi connectivity index (χ1v) is 6.76. The second kappa shape index (κ2) is 6.23. The van der Waals surface area contributed by atoms with E-state index in [1.165, 1.54) is 0 Å². The number of carbonyl (C=O) groups excluding carboxylic acids is 2. The standard InChI is InChI=1S/C13H25N3O3/c1-5-16(11(17)8-14)10-6-7-15(9-10)12(18)19-13(2,3)4/h10H,5-9,14H2,1-4H3/t10-/m0/s1. The minimum absolute atomic E-state index is 0.0107. The summed E-state index contributed by atoms with van der Waals surface area (Å²) < 4.78 is 5.33. The molecule has 1 rings (SSSR count). The molecule has 0 aliphatic carbocycles. The van der Waals surface area contributed by atoms with Gasteiger partial charge in [-0.25, -0.2) is 4.79 Å². The summed E-state index contributed by atoms with van der Waals surface area (Å²) in [5.74, 6) is -0.0708. The highest BCUT2D eigenvalue weighted by molar-refractivity contribution is 5.78. The van der Waals surface area contributed by atoms with Gasteiger partial charge in [0.2, 0.25) is 5.91 Å². The number of rotatable bonds is 3. The summed E-state index contributed by atoms with van der Waals surface area (Å²) in [6.07, 6.45) is 0.463. The Bertz CT molecular complexity index is 339. The molecule has 0 radical (unpaired) electrons. The first-order valence-electron chi connectivity index (χ1n) is 6.76. The molecule has 0 aromatic heterocycles. The molecule has 0 saturated carbocycles. The maximum absolute atomic E-state index is 11.9. The number of amides is 2. The van der Waals surface area contributed by atoms with E-state index >= 15 is 0 Å². The van der Waals surface area contributed by atoms with E-state index in [4.69, 9.17) is 10.5 Å². The van der Waals surface area contributed by atoms with Crippen LogP contribution < -0.4 is 5.73 Å². The molecule has 0 spiro atoms. The molecule has 19 heavy (non-hydrogen) atoms. The van der Waals surface area contributed by atoms with Crippen LogP contribution >= 0.6 is 0 Å². The van der Waals surface area contributed by atoms with Gasteiger partial charge in [-0.1, -0.05) is 0 Å². The maximum Gasteiger partial charge on any atom is 0.410 e. The van der Waals surface area contributed by atoms with Crippen LogP contribution in [-0.4, -0.2) is 59.6 Å². The van der Waals surface area contributed by atoms with Crippen molar-refractivity contribution in [3.8, 4) is 0 Å². The van der Waals surface area contributed by atoms with Crippen LogP contribution in [0.25, 0.3) is 0 Å². The van der Waals surface area contributed by atoms with Crippen molar-refractivity contribution >= 4 is 12.0 Å². The molecule has 1 aliphatic rings. The molecule has 2 N–H and O–H groups in total. The van der Waals surface area contributed by atoms with Gasteiger partial charge in [0.1, 0.15) is 5.60 Å². The smallest absolute Gasteiger partial charge is 0.410 e. The Hall–Kier alpha value is -1.30. The summed E-state index contributed by atoms with van der Waals surface area (Å²) >= 11 is 0. The highest BCUT2D eigenvalue weighted by atomic mass is 16.6. The normalized spacial score (nSPS) is 19.4. The van der Waals surface area contributed by atoms with Crippen molar-refractivity contribution in [2.45, 2.75) is 45.8 Å². The van der Waals surface area contributed by atoms with Gasteiger partial charge in [-0.15, -0.1) is 0 Å². The first-order chi connectivity index (χ1) is 8.78. The van der Waals surface area contributed by atoms with Crippen molar-refractivity contribution in [1.29, 1.82) is 0 Å². The van der Waals surface area contributed by atoms with E-state index in [0.717, 1.165) is 6.42 Å². The third-order valence-corrected chi connectivity index (χ3v) is 3.09. The lowest BCUT2D eigenvalue weighted by molar-refractivity contribution is -0.131. The molecule has 1 heterocycles. The lowest BCUT2D eigenvalue weighted by Crippen LogP contribution is -2.45. The highest BCUT2D eigenvalue weighted by Crippen LogP contribution is 2.18. The van der Waals surface area contributed by atoms with Crippen molar-refractivity contribution in [2.24, 2.45) is 5.73 Å². The van der Waals surface area contributed by atoms with Crippen molar-refractivity contribution in [2.75, 3.05) is 26.2 Å². The van der Waals surface area contributed by atoms with Crippen molar-refractivity contribution in [1.82, 2.24) is 9.80 Å². The summed E-state index contributed by atoms with van der Waals surface area (Å²) in [4.78, 5) is 27.0. The number of hydrogen-bond acceptors (Lipinski definition) is 4. The number of likely N-dealkylation sites (N-methyl/N-ethyl adjacent to an activating group) is 1. The monoisotopic (exact) mass is 271 g/mol. The first kappa shape index (κ1) is 15.8. The Morgan fingerprint density at radius 1 is 1.42 bits per heavy atom. The quantitative estimate of drug-likeness (QED) is 0.824. The van der Waals surface area contributed by atoms with Crippen LogP contribution in [0.1, 0.15) is 34.1 Å². The van der Waals surface area contributed by atoms with Gasteiger partial charge in [0, 0.05) is 19.6 Å². The summed E-state index contributed by atoms with van der Waals surface area (Å²) in [5.41, 5.74) is 4.90. The van der Waals surface area contributed by atoms with Crippen molar-refractivity contribution in [3.63, 3.8) is 0 Å². The minimum atomic E-state index is -0.493. The SMILES string of the molecule is CCN(C(=O)CN)[C@H]1CCN(C(=O)OC(C)(C)C)C1. The molecule has 2 amide bonds. The zero-order valence-electron chi connectivity index (χ0n) is 12.3. The fourth-order valence-electron chi connectivity index (χ4n) is 2.24. The lowest BCUT2D eigenvalue weighted by Gasteiger charge is -2.28. The Labute approximate surface area is 114 Å². The third-order valence-electron chi connectivity index (χ3n) is 3.09. The molecular weight excluding hydrogens is 246 g/mol. The number of nitrogens with zero attached hydrogens (tertiary/aromatic N) is 2. The number of hydrogen-bond donors (Lipinski definition) is 1. The Morgan fingerprint density at radius 2 is 2.05 bits per heavy atom. The number of carbonyl (C=O) groups is 2. The van der Waals surface area contributed by atoms with E-state index in [2.05, 4.69) is 0 Å². The molecule has 0 aromatic carbocycles. The van der Waals surface area contributed by atoms with Crippen LogP contribution in [0.3, 0.4) is 0 Å². The Balaban J connectivity index is 2.57. The number of likely N-dealkylation sites (tertiary alicyclic amines) is 1. The van der Waals surface area contributed by atoms with Gasteiger partial charge in [0.15, 0.2) is 0 Å². The van der Waals surface area contributed by atoms with E-state index in [-0.39, 0.29) is 24.6 Å². The van der Waals surface area contributed by atoms with Gasteiger partial charge in [0.05, 0.1) is 12.6 Å². The topological polar surface area (TPSA) is 75.9 Å². The molecule has 1 saturated heterocycles. The predicted molar refractivity (Wildman–Crippen MR) is 72.7 cm³/mol. The molecule has 1 aliphatic heterocycles. The van der Waals surface area contributed by atoms with E-state index < -0.39 is 5.60 Å². The molecule has 110 valence electrons. The average Bonchev–Trinajstić information content (AvgIpc) is 2.77. The van der Waals surface area contributed by atoms with Gasteiger partial charge in [0.25, 0.3) is 0 Å². The molecule has 1 atom stereocenters. The molecule has 6 heteroatoms. The summed E-state index contributed by atoms with van der Waals surface area (Å²) in [7, 11) is 0. The molecule has 1 fully saturated rings. The fourth-order valence-corrected chi connectivity index (χ4v) is 2.24. The molecular formula is C13H25N3O3. The van der Waals surface area contributed by atoms with E-state index in [1.807, 2.05) is 27.7 Å². The van der Waals surface area contributed by atoms with Gasteiger partial charge < -0.3 is 20.3 Å². The van der Waals surface area contributed by atoms with Crippen LogP contribution in [0.4, 0.5) is 4.79 Å². The molecule has 0 unspecified atom stereocenters. The Morgan fingerprint density at radius 3 is 2.53 bits per heavy atom. The third kappa shape index (κ3) is 4.38. The van der Waals surface area contributed by atoms with Gasteiger partial charge in [-0.05, 0) is 34.1 Å². The largest absolute Gasteiger partial charge is 0.444 e. The average molecular weight is 271 g/mol. The molecule has 0 aromatic rings. The van der Waals surface area contributed by atoms with Crippen LogP contribution in [0.5, 0.6) is 0 Å². The van der Waals surface area contributed by atoms with E-state index in [1.54, 1.807) is 9.80 Å². The summed E-state index contributed by atoms with van der Waals surface area (Å²) in [6, 6.07) is 0.0496. The van der Waals surface area contributed by atoms with Gasteiger partial charge in [-0.3, -0.25) is 4.79 Å². The predicted octanol–water partition coefficient (Wildman–Crippen LogP) is 0.803. The lowest BCUT2D eigenvalue weighted by atomic mass is 10.2. The fraction of sp³-hybridized carbons (Fsp3) is 0.846. The molecule has 0 bridgehead atoms. The van der Waals surface area contributed by atoms with Crippen molar-refractivity contribution in [3.05, 3.63) is 0 Å². The number of nitrogens with two attached hydrogens (primary N) is 1. The van der Waals surface area contributed by atoms with Crippen LogP contribution in [0, 0.1) is 0 Å². The molecule has 6 nitrogen and oxygen atoms in total. The van der Waals surface area contributed by atoms with Gasteiger partial charge >= 0.3 is 6.09 Å².